The van der Waals surface area contributed by atoms with E-state index in [1.807, 2.05) is 0 Å². The quantitative estimate of drug-likeness (QED) is 0.374. The summed E-state index contributed by atoms with van der Waals surface area (Å²) >= 11 is 0. The lowest BCUT2D eigenvalue weighted by Gasteiger charge is -2.33. The molecule has 0 bridgehead atoms. The zero-order valence-corrected chi connectivity index (χ0v) is 23.8. The second-order valence-corrected chi connectivity index (χ2v) is 13.6. The topological polar surface area (TPSA) is 111 Å². The van der Waals surface area contributed by atoms with Crippen LogP contribution >= 0.6 is 0 Å². The van der Waals surface area contributed by atoms with Crippen molar-refractivity contribution in [3.8, 4) is 0 Å². The summed E-state index contributed by atoms with van der Waals surface area (Å²) in [6, 6.07) is 0.210. The molecule has 3 atom stereocenters. The van der Waals surface area contributed by atoms with Gasteiger partial charge in [-0.05, 0) is 64.4 Å². The molecule has 9 nitrogen and oxygen atoms in total. The number of ether oxygens (including phenoxy) is 1. The molecule has 1 unspecified atom stereocenters. The highest BCUT2D eigenvalue weighted by Gasteiger charge is 2.56. The van der Waals surface area contributed by atoms with Gasteiger partial charge >= 0.3 is 22.6 Å². The zero-order chi connectivity index (χ0) is 30.8. The third-order valence-electron chi connectivity index (χ3n) is 7.65. The minimum atomic E-state index is -4.95. The van der Waals surface area contributed by atoms with Gasteiger partial charge in [0.1, 0.15) is 17.2 Å². The Bertz CT molecular complexity index is 1440. The minimum Gasteiger partial charge on any atom is -0.444 e. The number of fused-ring (bicyclic) bond motifs is 1. The molecule has 1 saturated heterocycles. The summed E-state index contributed by atoms with van der Waals surface area (Å²) in [6.07, 6.45) is -8.31. The van der Waals surface area contributed by atoms with E-state index < -0.39 is 89.3 Å². The number of hydrogen-bond donors (Lipinski definition) is 1. The van der Waals surface area contributed by atoms with E-state index in [1.165, 1.54) is 12.1 Å². The van der Waals surface area contributed by atoms with Crippen LogP contribution in [-0.2, 0) is 19.2 Å². The van der Waals surface area contributed by atoms with Crippen LogP contribution in [-0.4, -0.2) is 54.1 Å². The van der Waals surface area contributed by atoms with Gasteiger partial charge in [0, 0.05) is 18.4 Å². The predicted octanol–water partition coefficient (Wildman–Crippen LogP) is 6.32. The monoisotopic (exact) mass is 627 g/mol. The average molecular weight is 628 g/mol. The number of nitrogens with one attached hydrogen (secondary N) is 1. The summed E-state index contributed by atoms with van der Waals surface area (Å²) in [5.74, 6) is -5.02. The van der Waals surface area contributed by atoms with Crippen molar-refractivity contribution in [3.63, 3.8) is 0 Å². The first-order chi connectivity index (χ1) is 19.3. The largest absolute Gasteiger partial charge is 0.444 e. The molecule has 1 aliphatic heterocycles. The maximum atomic E-state index is 16.0. The zero-order valence-electron chi connectivity index (χ0n) is 23.0. The molecule has 1 amide bonds. The Hall–Kier alpha value is -2.59. The van der Waals surface area contributed by atoms with Crippen molar-refractivity contribution in [2.45, 2.75) is 95.2 Å². The number of oxazole rings is 1. The van der Waals surface area contributed by atoms with Gasteiger partial charge in [-0.25, -0.2) is 27.1 Å². The van der Waals surface area contributed by atoms with E-state index in [9.17, 15) is 35.2 Å². The predicted molar refractivity (Wildman–Crippen MR) is 135 cm³/mol. The highest BCUT2D eigenvalue weighted by atomic mass is 32.2. The van der Waals surface area contributed by atoms with Gasteiger partial charge in [-0.15, -0.1) is 0 Å². The van der Waals surface area contributed by atoms with Crippen LogP contribution in [0.5, 0.6) is 0 Å². The van der Waals surface area contributed by atoms with Crippen LogP contribution in [0.3, 0.4) is 0 Å². The van der Waals surface area contributed by atoms with Crippen molar-refractivity contribution in [2.75, 3.05) is 6.54 Å². The van der Waals surface area contributed by atoms with Crippen LogP contribution in [0.25, 0.3) is 11.1 Å². The van der Waals surface area contributed by atoms with E-state index >= 15 is 4.39 Å². The minimum absolute atomic E-state index is 0.0108. The van der Waals surface area contributed by atoms with Crippen molar-refractivity contribution in [1.29, 1.82) is 0 Å². The Morgan fingerprint density at radius 3 is 2.31 bits per heavy atom. The summed E-state index contributed by atoms with van der Waals surface area (Å²) in [5.41, 5.74) is -1.49. The van der Waals surface area contributed by atoms with Gasteiger partial charge in [0.15, 0.2) is 17.5 Å². The molecular formula is C26H31F6N3O6S. The highest BCUT2D eigenvalue weighted by Crippen LogP contribution is 2.50. The molecule has 234 valence electrons. The lowest BCUT2D eigenvalue weighted by atomic mass is 9.82. The van der Waals surface area contributed by atoms with E-state index in [4.69, 9.17) is 9.15 Å². The smallest absolute Gasteiger partial charge is 0.417 e. The molecule has 3 aliphatic rings. The maximum absolute atomic E-state index is 16.0. The molecule has 16 heteroatoms. The lowest BCUT2D eigenvalue weighted by Crippen LogP contribution is -2.40. The van der Waals surface area contributed by atoms with Gasteiger partial charge in [0.05, 0.1) is 12.6 Å². The van der Waals surface area contributed by atoms with E-state index in [0.29, 0.717) is 17.1 Å². The summed E-state index contributed by atoms with van der Waals surface area (Å²) < 4.78 is 125. The van der Waals surface area contributed by atoms with E-state index in [1.54, 1.807) is 20.8 Å². The number of carbonyl (C=O) groups is 1. The SMILES string of the molecule is CC(C)(C)OC(=O)N[C@H](c1nc2c(F)c(C(C3CC3)N3C[C@H](C(F)(F)F)OS3(=O)=O)ccc2o1)C1CCC(F)(F)CC1. The molecule has 2 aromatic rings. The summed E-state index contributed by atoms with van der Waals surface area (Å²) in [4.78, 5) is 16.9. The second-order valence-electron chi connectivity index (χ2n) is 12.1. The van der Waals surface area contributed by atoms with Gasteiger partial charge in [0.25, 0.3) is 0 Å². The molecule has 3 fully saturated rings. The molecular weight excluding hydrogens is 596 g/mol. The second kappa shape index (κ2) is 10.5. The van der Waals surface area contributed by atoms with Crippen LogP contribution < -0.4 is 5.32 Å². The van der Waals surface area contributed by atoms with Crippen molar-refractivity contribution in [1.82, 2.24) is 14.6 Å². The van der Waals surface area contributed by atoms with Crippen LogP contribution in [0.15, 0.2) is 16.5 Å². The number of carbonyl (C=O) groups excluding carboxylic acids is 1. The Balaban J connectivity index is 1.50. The molecule has 1 aromatic carbocycles. The van der Waals surface area contributed by atoms with Gasteiger partial charge in [-0.1, -0.05) is 6.07 Å². The van der Waals surface area contributed by atoms with Gasteiger partial charge in [0.2, 0.25) is 11.8 Å². The highest BCUT2D eigenvalue weighted by molar-refractivity contribution is 7.84. The number of nitrogens with zero attached hydrogens (tertiary/aromatic N) is 2. The number of halogens is 6. The molecule has 5 rings (SSSR count). The lowest BCUT2D eigenvalue weighted by molar-refractivity contribution is -0.188. The maximum Gasteiger partial charge on any atom is 0.417 e. The van der Waals surface area contributed by atoms with Crippen molar-refractivity contribution in [3.05, 3.63) is 29.4 Å². The Morgan fingerprint density at radius 1 is 1.12 bits per heavy atom. The van der Waals surface area contributed by atoms with Crippen LogP contribution in [0.1, 0.15) is 82.8 Å². The first-order valence-electron chi connectivity index (χ1n) is 13.6. The van der Waals surface area contributed by atoms with Crippen LogP contribution in [0.4, 0.5) is 31.1 Å². The third kappa shape index (κ3) is 6.49. The molecule has 0 radical (unpaired) electrons. The fourth-order valence-corrected chi connectivity index (χ4v) is 6.98. The van der Waals surface area contributed by atoms with Gasteiger partial charge in [-0.3, -0.25) is 0 Å². The number of hydrogen-bond acceptors (Lipinski definition) is 7. The third-order valence-corrected chi connectivity index (χ3v) is 9.08. The summed E-state index contributed by atoms with van der Waals surface area (Å²) in [6.45, 7) is 3.89. The molecule has 1 aromatic heterocycles. The first kappa shape index (κ1) is 30.9. The van der Waals surface area contributed by atoms with Crippen LogP contribution in [0.2, 0.25) is 0 Å². The van der Waals surface area contributed by atoms with Gasteiger partial charge < -0.3 is 14.5 Å². The normalized spacial score (nSPS) is 24.9. The molecule has 2 heterocycles. The average Bonchev–Trinajstić information content (AvgIpc) is 3.49. The Labute approximate surface area is 238 Å². The van der Waals surface area contributed by atoms with E-state index in [0.717, 1.165) is 0 Å². The Kier molecular flexibility index (Phi) is 7.74. The van der Waals surface area contributed by atoms with Crippen molar-refractivity contribution < 1.29 is 52.9 Å². The number of benzene rings is 1. The fraction of sp³-hybridized carbons (Fsp3) is 0.692. The number of rotatable bonds is 6. The number of alkyl halides is 5. The first-order valence-corrected chi connectivity index (χ1v) is 14.9. The van der Waals surface area contributed by atoms with E-state index in [2.05, 4.69) is 14.5 Å². The molecule has 42 heavy (non-hydrogen) atoms. The fourth-order valence-electron chi connectivity index (χ4n) is 5.52. The number of amides is 1. The van der Waals surface area contributed by atoms with Crippen molar-refractivity contribution in [2.24, 2.45) is 11.8 Å². The standard InChI is InChI=1S/C26H31F6N3O6S/c1-24(2,3)40-23(36)34-19(13-8-10-25(28,29)11-9-13)22-33-20-16(39-22)7-6-15(18(20)27)21(14-4-5-14)35-12-17(26(30,31)32)41-42(35,37)38/h6-7,13-14,17,19,21H,4-5,8-12H2,1-3H3,(H,34,36)/t17-,19+,21?/m1/s1. The van der Waals surface area contributed by atoms with Gasteiger partial charge in [-0.2, -0.15) is 25.9 Å². The van der Waals surface area contributed by atoms with Crippen LogP contribution in [0, 0.1) is 17.7 Å². The molecule has 0 spiro atoms. The molecule has 2 saturated carbocycles. The number of alkyl carbamates (subject to hydrolysis) is 1. The summed E-state index contributed by atoms with van der Waals surface area (Å²) in [7, 11) is -4.82. The Morgan fingerprint density at radius 2 is 1.76 bits per heavy atom. The van der Waals surface area contributed by atoms with E-state index in [-0.39, 0.29) is 35.4 Å². The molecule has 1 N–H and O–H groups in total. The number of aromatic nitrogens is 1. The van der Waals surface area contributed by atoms with Crippen molar-refractivity contribution >= 4 is 27.5 Å². The summed E-state index contributed by atoms with van der Waals surface area (Å²) in [5, 5.41) is 2.61. The molecule has 2 aliphatic carbocycles.